The number of imidazole rings is 1. The summed E-state index contributed by atoms with van der Waals surface area (Å²) in [5.74, 6) is -3.56. The molecular weight excluding hydrogens is 546 g/mol. The Labute approximate surface area is 241 Å². The van der Waals surface area contributed by atoms with E-state index >= 15 is 8.78 Å². The summed E-state index contributed by atoms with van der Waals surface area (Å²) in [4.78, 5) is 12.4. The van der Waals surface area contributed by atoms with Crippen molar-refractivity contribution in [3.8, 4) is 0 Å². The molecule has 9 nitrogen and oxygen atoms in total. The highest BCUT2D eigenvalue weighted by Gasteiger charge is 2.60. The third kappa shape index (κ3) is 8.29. The van der Waals surface area contributed by atoms with Crippen LogP contribution in [0, 0.1) is 0 Å². The molecule has 0 spiro atoms. The molecule has 40 heavy (non-hydrogen) atoms. The lowest BCUT2D eigenvalue weighted by Gasteiger charge is -2.36. The van der Waals surface area contributed by atoms with Gasteiger partial charge in [0.05, 0.1) is 12.9 Å². The maximum atomic E-state index is 16.8. The van der Waals surface area contributed by atoms with Crippen molar-refractivity contribution in [3.05, 3.63) is 17.8 Å². The van der Waals surface area contributed by atoms with Gasteiger partial charge in [-0.05, 0) is 25.7 Å². The average molecular weight is 591 g/mol. The summed E-state index contributed by atoms with van der Waals surface area (Å²) in [6.07, 6.45) is 2.63. The molecule has 228 valence electrons. The minimum Gasteiger partial charge on any atom is -0.379 e. The molecule has 0 radical (unpaired) electrons. The summed E-state index contributed by atoms with van der Waals surface area (Å²) in [7, 11) is 0. The fraction of sp³-hybridized carbons (Fsp3) is 0.821. The predicted molar refractivity (Wildman–Crippen MR) is 149 cm³/mol. The molecule has 3 rings (SSSR count). The topological polar surface area (TPSA) is 89.8 Å². The van der Waals surface area contributed by atoms with E-state index in [-0.39, 0.29) is 29.5 Å². The molecule has 5 atom stereocenters. The van der Waals surface area contributed by atoms with Crippen LogP contribution in [0.25, 0.3) is 11.2 Å². The molecule has 0 unspecified atom stereocenters. The zero-order chi connectivity index (χ0) is 29.0. The first-order chi connectivity index (χ1) is 19.4. The molecule has 2 aromatic heterocycles. The largest absolute Gasteiger partial charge is 0.379 e. The van der Waals surface area contributed by atoms with Gasteiger partial charge in [0.2, 0.25) is 6.23 Å². The molecule has 1 saturated heterocycles. The molecule has 2 aromatic rings. The van der Waals surface area contributed by atoms with Gasteiger partial charge in [-0.3, -0.25) is 4.57 Å². The van der Waals surface area contributed by atoms with Gasteiger partial charge in [0.15, 0.2) is 16.9 Å². The molecule has 1 fully saturated rings. The average Bonchev–Trinajstić information content (AvgIpc) is 3.34. The van der Waals surface area contributed by atoms with Gasteiger partial charge in [0, 0.05) is 26.4 Å². The second-order valence-corrected chi connectivity index (χ2v) is 10.5. The van der Waals surface area contributed by atoms with Gasteiger partial charge in [-0.25, -0.2) is 15.0 Å². The summed E-state index contributed by atoms with van der Waals surface area (Å²) in [6, 6.07) is 0. The number of unbranched alkanes of at least 4 members (excludes halogenated alkanes) is 4. The van der Waals surface area contributed by atoms with Crippen LogP contribution in [0.1, 0.15) is 85.3 Å². The second kappa shape index (κ2) is 16.8. The zero-order valence-corrected chi connectivity index (χ0v) is 25.0. The minimum absolute atomic E-state index is 0.0566. The molecule has 0 aromatic carbocycles. The fourth-order valence-electron chi connectivity index (χ4n) is 4.58. The highest BCUT2D eigenvalue weighted by atomic mass is 35.5. The number of ether oxygens (including phenoxy) is 5. The van der Waals surface area contributed by atoms with Crippen molar-refractivity contribution in [2.24, 2.45) is 0 Å². The standard InChI is InChI=1S/C28H45ClF2N4O5/c1-5-9-13-36-17-20-22(37-14-10-6-2)23(38-15-11-7-3)24(39-16-12-8-4)28(30,31)27(40-20)35-19-34-21-25(29)32-18-33-26(21)35/h18-20,22-24,27H,5-17H2,1-4H3/t20-,22-,23+,24-,27-/m1/s1. The minimum atomic E-state index is -3.56. The van der Waals surface area contributed by atoms with E-state index in [1.54, 1.807) is 0 Å². The SMILES string of the molecule is CCCCOC[C@H]1O[C@@H](n2cnc3c(Cl)ncnc32)C(F)(F)[C@H](OCCCC)[C@@H](OCCCC)[C@@H]1OCCCC. The highest BCUT2D eigenvalue weighted by molar-refractivity contribution is 6.33. The summed E-state index contributed by atoms with van der Waals surface area (Å²) in [6.45, 7) is 9.47. The Hall–Kier alpha value is -1.50. The smallest absolute Gasteiger partial charge is 0.320 e. The third-order valence-corrected chi connectivity index (χ3v) is 7.18. The van der Waals surface area contributed by atoms with Crippen molar-refractivity contribution in [2.45, 2.75) is 116 Å². The van der Waals surface area contributed by atoms with Crippen LogP contribution in [0.5, 0.6) is 0 Å². The van der Waals surface area contributed by atoms with Gasteiger partial charge in [-0.15, -0.1) is 0 Å². The van der Waals surface area contributed by atoms with Crippen molar-refractivity contribution < 1.29 is 32.5 Å². The molecule has 0 aliphatic carbocycles. The van der Waals surface area contributed by atoms with Crippen LogP contribution < -0.4 is 0 Å². The van der Waals surface area contributed by atoms with Gasteiger partial charge in [0.1, 0.15) is 30.2 Å². The summed E-state index contributed by atoms with van der Waals surface area (Å²) >= 11 is 6.20. The monoisotopic (exact) mass is 590 g/mol. The number of hydrogen-bond donors (Lipinski definition) is 0. The quantitative estimate of drug-likeness (QED) is 0.146. The normalized spacial score (nSPS) is 24.9. The summed E-state index contributed by atoms with van der Waals surface area (Å²) < 4.78 is 65.5. The number of aromatic nitrogens is 4. The first-order valence-corrected chi connectivity index (χ1v) is 15.1. The van der Waals surface area contributed by atoms with Crippen molar-refractivity contribution in [3.63, 3.8) is 0 Å². The maximum absolute atomic E-state index is 16.8. The molecule has 1 aliphatic rings. The van der Waals surface area contributed by atoms with E-state index in [1.165, 1.54) is 17.2 Å². The van der Waals surface area contributed by atoms with E-state index in [9.17, 15) is 0 Å². The lowest BCUT2D eigenvalue weighted by molar-refractivity contribution is -0.246. The van der Waals surface area contributed by atoms with Crippen molar-refractivity contribution in [1.29, 1.82) is 0 Å². The number of fused-ring (bicyclic) bond motifs is 1. The van der Waals surface area contributed by atoms with Crippen LogP contribution in [0.15, 0.2) is 12.7 Å². The summed E-state index contributed by atoms with van der Waals surface area (Å²) in [5, 5.41) is 0.0671. The molecule has 1 aliphatic heterocycles. The van der Waals surface area contributed by atoms with Crippen LogP contribution in [0.4, 0.5) is 8.78 Å². The van der Waals surface area contributed by atoms with Crippen LogP contribution in [-0.4, -0.2) is 82.9 Å². The Kier molecular flexibility index (Phi) is 13.9. The maximum Gasteiger partial charge on any atom is 0.320 e. The van der Waals surface area contributed by atoms with Crippen molar-refractivity contribution in [1.82, 2.24) is 19.5 Å². The number of rotatable bonds is 18. The van der Waals surface area contributed by atoms with E-state index < -0.39 is 36.6 Å². The molecule has 12 heteroatoms. The van der Waals surface area contributed by atoms with Crippen LogP contribution in [0.2, 0.25) is 5.15 Å². The number of nitrogens with zero attached hydrogens (tertiary/aromatic N) is 4. The summed E-state index contributed by atoms with van der Waals surface area (Å²) in [5.41, 5.74) is 0.343. The molecule has 0 saturated carbocycles. The van der Waals surface area contributed by atoms with E-state index in [4.69, 9.17) is 35.3 Å². The molecule has 3 heterocycles. The Morgan fingerprint density at radius 3 is 2.10 bits per heavy atom. The Balaban J connectivity index is 2.11. The Morgan fingerprint density at radius 2 is 1.45 bits per heavy atom. The first-order valence-electron chi connectivity index (χ1n) is 14.7. The van der Waals surface area contributed by atoms with E-state index in [0.717, 1.165) is 44.9 Å². The zero-order valence-electron chi connectivity index (χ0n) is 24.2. The fourth-order valence-corrected chi connectivity index (χ4v) is 4.75. The van der Waals surface area contributed by atoms with E-state index in [0.29, 0.717) is 26.2 Å². The first kappa shape index (κ1) is 33.0. The Bertz CT molecular complexity index is 1000. The second-order valence-electron chi connectivity index (χ2n) is 10.1. The van der Waals surface area contributed by atoms with Gasteiger partial charge >= 0.3 is 5.92 Å². The lowest BCUT2D eigenvalue weighted by atomic mass is 9.98. The van der Waals surface area contributed by atoms with Gasteiger partial charge in [-0.2, -0.15) is 8.78 Å². The van der Waals surface area contributed by atoms with Crippen molar-refractivity contribution >= 4 is 22.8 Å². The van der Waals surface area contributed by atoms with Crippen LogP contribution in [0.3, 0.4) is 0 Å². The number of halogens is 3. The number of alkyl halides is 2. The van der Waals surface area contributed by atoms with E-state index in [2.05, 4.69) is 21.9 Å². The highest BCUT2D eigenvalue weighted by Crippen LogP contribution is 2.44. The van der Waals surface area contributed by atoms with Crippen LogP contribution >= 0.6 is 11.6 Å². The molecule has 0 bridgehead atoms. The third-order valence-electron chi connectivity index (χ3n) is 6.90. The van der Waals surface area contributed by atoms with Gasteiger partial charge < -0.3 is 23.7 Å². The van der Waals surface area contributed by atoms with Crippen molar-refractivity contribution in [2.75, 3.05) is 33.0 Å². The predicted octanol–water partition coefficient (Wildman–Crippen LogP) is 6.39. The lowest BCUT2D eigenvalue weighted by Crippen LogP contribution is -2.54. The molecule has 0 amide bonds. The van der Waals surface area contributed by atoms with E-state index in [1.807, 2.05) is 20.8 Å². The Morgan fingerprint density at radius 1 is 0.850 bits per heavy atom. The van der Waals surface area contributed by atoms with Gasteiger partial charge in [0.25, 0.3) is 0 Å². The molecule has 0 N–H and O–H groups in total. The van der Waals surface area contributed by atoms with Crippen LogP contribution in [-0.2, 0) is 23.7 Å². The van der Waals surface area contributed by atoms with Gasteiger partial charge in [-0.1, -0.05) is 65.0 Å². The number of hydrogen-bond acceptors (Lipinski definition) is 8. The molecular formula is C28H45ClF2N4O5.